The summed E-state index contributed by atoms with van der Waals surface area (Å²) in [5, 5.41) is 2.83. The first kappa shape index (κ1) is 15.0. The lowest BCUT2D eigenvalue weighted by Crippen LogP contribution is -2.45. The van der Waals surface area contributed by atoms with E-state index >= 15 is 0 Å². The van der Waals surface area contributed by atoms with Gasteiger partial charge >= 0.3 is 0 Å². The summed E-state index contributed by atoms with van der Waals surface area (Å²) in [7, 11) is 0. The van der Waals surface area contributed by atoms with Gasteiger partial charge in [-0.2, -0.15) is 0 Å². The van der Waals surface area contributed by atoms with Gasteiger partial charge in [0, 0.05) is 13.1 Å². The van der Waals surface area contributed by atoms with Crippen LogP contribution in [-0.4, -0.2) is 43.2 Å². The Hall–Kier alpha value is -1.04. The number of morpholine rings is 1. The lowest BCUT2D eigenvalue weighted by atomic mass is 10.3. The summed E-state index contributed by atoms with van der Waals surface area (Å²) in [6, 6.07) is 3.65. The molecule has 1 unspecified atom stereocenters. The summed E-state index contributed by atoms with van der Waals surface area (Å²) in [5.41, 5.74) is 0. The molecule has 0 aliphatic carbocycles. The maximum Gasteiger partial charge on any atom is 0.234 e. The SMILES string of the molecule is CC1CN(CC(=O)NCc2ccco2)CCO1.Cl. The molecule has 1 aliphatic rings. The smallest absolute Gasteiger partial charge is 0.234 e. The zero-order valence-corrected chi connectivity index (χ0v) is 11.2. The molecule has 5 nitrogen and oxygen atoms in total. The van der Waals surface area contributed by atoms with Crippen LogP contribution in [0.15, 0.2) is 22.8 Å². The molecule has 1 N–H and O–H groups in total. The summed E-state index contributed by atoms with van der Waals surface area (Å²) in [5.74, 6) is 0.796. The van der Waals surface area contributed by atoms with Crippen LogP contribution in [0.3, 0.4) is 0 Å². The number of nitrogens with zero attached hydrogens (tertiary/aromatic N) is 1. The number of hydrogen-bond donors (Lipinski definition) is 1. The molecular weight excluding hydrogens is 256 g/mol. The van der Waals surface area contributed by atoms with E-state index in [1.165, 1.54) is 0 Å². The molecule has 1 saturated heterocycles. The molecule has 0 aromatic carbocycles. The molecule has 1 fully saturated rings. The highest BCUT2D eigenvalue weighted by atomic mass is 35.5. The first-order valence-electron chi connectivity index (χ1n) is 5.87. The van der Waals surface area contributed by atoms with Crippen molar-refractivity contribution in [1.29, 1.82) is 0 Å². The van der Waals surface area contributed by atoms with E-state index in [0.717, 1.165) is 18.8 Å². The Morgan fingerprint density at radius 2 is 2.44 bits per heavy atom. The van der Waals surface area contributed by atoms with Crippen molar-refractivity contribution in [3.05, 3.63) is 24.2 Å². The fourth-order valence-electron chi connectivity index (χ4n) is 1.89. The van der Waals surface area contributed by atoms with Crippen molar-refractivity contribution >= 4 is 18.3 Å². The van der Waals surface area contributed by atoms with E-state index in [1.807, 2.05) is 19.1 Å². The number of carbonyl (C=O) groups excluding carboxylic acids is 1. The molecule has 1 aromatic heterocycles. The maximum atomic E-state index is 11.7. The summed E-state index contributed by atoms with van der Waals surface area (Å²) >= 11 is 0. The third kappa shape index (κ3) is 4.68. The third-order valence-corrected chi connectivity index (χ3v) is 2.73. The molecule has 0 saturated carbocycles. The highest BCUT2D eigenvalue weighted by Crippen LogP contribution is 2.03. The van der Waals surface area contributed by atoms with E-state index in [2.05, 4.69) is 10.2 Å². The third-order valence-electron chi connectivity index (χ3n) is 2.73. The molecule has 1 aromatic rings. The van der Waals surface area contributed by atoms with Crippen molar-refractivity contribution in [1.82, 2.24) is 10.2 Å². The highest BCUT2D eigenvalue weighted by Gasteiger charge is 2.18. The van der Waals surface area contributed by atoms with Crippen LogP contribution in [0.25, 0.3) is 0 Å². The Morgan fingerprint density at radius 3 is 3.11 bits per heavy atom. The maximum absolute atomic E-state index is 11.7. The summed E-state index contributed by atoms with van der Waals surface area (Å²) < 4.78 is 10.6. The van der Waals surface area contributed by atoms with Crippen LogP contribution < -0.4 is 5.32 Å². The number of ether oxygens (including phenoxy) is 1. The number of furan rings is 1. The molecule has 1 amide bonds. The van der Waals surface area contributed by atoms with Gasteiger partial charge in [-0.15, -0.1) is 12.4 Å². The minimum Gasteiger partial charge on any atom is -0.467 e. The second-order valence-electron chi connectivity index (χ2n) is 4.27. The molecule has 102 valence electrons. The van der Waals surface area contributed by atoms with Crippen LogP contribution in [0, 0.1) is 0 Å². The van der Waals surface area contributed by atoms with Gasteiger partial charge in [0.25, 0.3) is 0 Å². The lowest BCUT2D eigenvalue weighted by Gasteiger charge is -2.30. The number of hydrogen-bond acceptors (Lipinski definition) is 4. The Labute approximate surface area is 113 Å². The first-order valence-corrected chi connectivity index (χ1v) is 5.87. The Kier molecular flexibility index (Phi) is 6.18. The van der Waals surface area contributed by atoms with Crippen LogP contribution in [0.4, 0.5) is 0 Å². The Morgan fingerprint density at radius 1 is 1.61 bits per heavy atom. The van der Waals surface area contributed by atoms with Crippen molar-refractivity contribution in [2.24, 2.45) is 0 Å². The predicted molar refractivity (Wildman–Crippen MR) is 69.7 cm³/mol. The molecule has 2 heterocycles. The number of halogens is 1. The first-order chi connectivity index (χ1) is 8.24. The molecule has 1 atom stereocenters. The fraction of sp³-hybridized carbons (Fsp3) is 0.583. The predicted octanol–water partition coefficient (Wildman–Crippen LogP) is 1.04. The normalized spacial score (nSPS) is 20.2. The second kappa shape index (κ2) is 7.41. The molecular formula is C12H19ClN2O3. The zero-order valence-electron chi connectivity index (χ0n) is 10.4. The molecule has 1 aliphatic heterocycles. The molecule has 0 radical (unpaired) electrons. The van der Waals surface area contributed by atoms with Crippen LogP contribution in [-0.2, 0) is 16.1 Å². The summed E-state index contributed by atoms with van der Waals surface area (Å²) in [4.78, 5) is 13.8. The number of nitrogens with one attached hydrogen (secondary N) is 1. The van der Waals surface area contributed by atoms with Crippen LogP contribution in [0.2, 0.25) is 0 Å². The van der Waals surface area contributed by atoms with Crippen LogP contribution in [0.1, 0.15) is 12.7 Å². The largest absolute Gasteiger partial charge is 0.467 e. The summed E-state index contributed by atoms with van der Waals surface area (Å²) in [6.07, 6.45) is 1.81. The zero-order chi connectivity index (χ0) is 12.1. The van der Waals surface area contributed by atoms with E-state index in [-0.39, 0.29) is 24.4 Å². The van der Waals surface area contributed by atoms with Gasteiger partial charge in [0.05, 0.1) is 32.1 Å². The number of carbonyl (C=O) groups is 1. The van der Waals surface area contributed by atoms with Crippen LogP contribution >= 0.6 is 12.4 Å². The van der Waals surface area contributed by atoms with E-state index in [4.69, 9.17) is 9.15 Å². The average Bonchev–Trinajstić information content (AvgIpc) is 2.79. The second-order valence-corrected chi connectivity index (χ2v) is 4.27. The van der Waals surface area contributed by atoms with Crippen molar-refractivity contribution in [2.75, 3.05) is 26.2 Å². The van der Waals surface area contributed by atoms with Gasteiger partial charge in [-0.1, -0.05) is 0 Å². The Balaban J connectivity index is 0.00000162. The highest BCUT2D eigenvalue weighted by molar-refractivity contribution is 5.85. The molecule has 18 heavy (non-hydrogen) atoms. The monoisotopic (exact) mass is 274 g/mol. The lowest BCUT2D eigenvalue weighted by molar-refractivity contribution is -0.124. The van der Waals surface area contributed by atoms with Gasteiger partial charge in [0.2, 0.25) is 5.91 Å². The van der Waals surface area contributed by atoms with E-state index < -0.39 is 0 Å². The summed E-state index contributed by atoms with van der Waals surface area (Å²) in [6.45, 7) is 5.23. The van der Waals surface area contributed by atoms with E-state index in [9.17, 15) is 4.79 Å². The minimum atomic E-state index is 0. The van der Waals surface area contributed by atoms with E-state index in [1.54, 1.807) is 6.26 Å². The standard InChI is InChI=1S/C12H18N2O3.ClH/c1-10-8-14(4-6-16-10)9-12(15)13-7-11-3-2-5-17-11;/h2-3,5,10H,4,6-9H2,1H3,(H,13,15);1H. The van der Waals surface area contributed by atoms with E-state index in [0.29, 0.717) is 19.7 Å². The van der Waals surface area contributed by atoms with Gasteiger partial charge in [-0.05, 0) is 19.1 Å². The molecule has 0 spiro atoms. The van der Waals surface area contributed by atoms with Gasteiger partial charge in [0.15, 0.2) is 0 Å². The van der Waals surface area contributed by atoms with Gasteiger partial charge in [-0.25, -0.2) is 0 Å². The van der Waals surface area contributed by atoms with Gasteiger partial charge in [0.1, 0.15) is 5.76 Å². The molecule has 2 rings (SSSR count). The van der Waals surface area contributed by atoms with Gasteiger partial charge in [-0.3, -0.25) is 9.69 Å². The van der Waals surface area contributed by atoms with Crippen LogP contribution in [0.5, 0.6) is 0 Å². The topological polar surface area (TPSA) is 54.7 Å². The van der Waals surface area contributed by atoms with Gasteiger partial charge < -0.3 is 14.5 Å². The van der Waals surface area contributed by atoms with Crippen molar-refractivity contribution in [3.63, 3.8) is 0 Å². The van der Waals surface area contributed by atoms with Crippen molar-refractivity contribution in [3.8, 4) is 0 Å². The molecule has 0 bridgehead atoms. The number of rotatable bonds is 4. The fourth-order valence-corrected chi connectivity index (χ4v) is 1.89. The molecule has 6 heteroatoms. The quantitative estimate of drug-likeness (QED) is 0.891. The van der Waals surface area contributed by atoms with Crippen molar-refractivity contribution in [2.45, 2.75) is 19.6 Å². The number of amides is 1. The van der Waals surface area contributed by atoms with Crippen molar-refractivity contribution < 1.29 is 13.9 Å². The Bertz CT molecular complexity index is 356. The average molecular weight is 275 g/mol. The minimum absolute atomic E-state index is 0.